The molecule has 0 radical (unpaired) electrons. The van der Waals surface area contributed by atoms with Crippen LogP contribution in [0.1, 0.15) is 44.3 Å². The van der Waals surface area contributed by atoms with Crippen molar-refractivity contribution in [3.8, 4) is 0 Å². The fourth-order valence-corrected chi connectivity index (χ4v) is 2.69. The normalized spacial score (nSPS) is 26.9. The van der Waals surface area contributed by atoms with Crippen molar-refractivity contribution < 1.29 is 5.11 Å². The van der Waals surface area contributed by atoms with Gasteiger partial charge >= 0.3 is 0 Å². The van der Waals surface area contributed by atoms with Crippen LogP contribution in [0.25, 0.3) is 0 Å². The van der Waals surface area contributed by atoms with Gasteiger partial charge in [0.1, 0.15) is 0 Å². The highest BCUT2D eigenvalue weighted by molar-refractivity contribution is 5.45. The zero-order valence-corrected chi connectivity index (χ0v) is 9.76. The quantitative estimate of drug-likeness (QED) is 0.823. The van der Waals surface area contributed by atoms with Crippen molar-refractivity contribution in [2.45, 2.75) is 38.7 Å². The summed E-state index contributed by atoms with van der Waals surface area (Å²) in [6.45, 7) is 2.22. The third kappa shape index (κ3) is 2.19. The SMILES string of the molecule is CCC1CCC(C(O)c2cnccc2N)C1. The Kier molecular flexibility index (Phi) is 3.44. The van der Waals surface area contributed by atoms with Gasteiger partial charge in [-0.2, -0.15) is 0 Å². The van der Waals surface area contributed by atoms with Gasteiger partial charge in [-0.3, -0.25) is 4.98 Å². The molecule has 16 heavy (non-hydrogen) atoms. The van der Waals surface area contributed by atoms with Gasteiger partial charge in [0.05, 0.1) is 6.10 Å². The van der Waals surface area contributed by atoms with Crippen LogP contribution in [-0.2, 0) is 0 Å². The Morgan fingerprint density at radius 3 is 3.00 bits per heavy atom. The highest BCUT2D eigenvalue weighted by Gasteiger charge is 2.30. The molecule has 0 amide bonds. The third-order valence-electron chi connectivity index (χ3n) is 3.81. The van der Waals surface area contributed by atoms with Crippen LogP contribution in [0.15, 0.2) is 18.5 Å². The van der Waals surface area contributed by atoms with Gasteiger partial charge in [0.15, 0.2) is 0 Å². The molecule has 1 saturated carbocycles. The molecule has 3 heteroatoms. The molecule has 3 N–H and O–H groups in total. The van der Waals surface area contributed by atoms with E-state index >= 15 is 0 Å². The molecule has 1 fully saturated rings. The van der Waals surface area contributed by atoms with Crippen molar-refractivity contribution in [1.29, 1.82) is 0 Å². The first-order valence-corrected chi connectivity index (χ1v) is 6.09. The third-order valence-corrected chi connectivity index (χ3v) is 3.81. The number of rotatable bonds is 3. The maximum absolute atomic E-state index is 10.3. The predicted octanol–water partition coefficient (Wildman–Crippen LogP) is 2.52. The summed E-state index contributed by atoms with van der Waals surface area (Å²) in [5.41, 5.74) is 7.31. The maximum Gasteiger partial charge on any atom is 0.0853 e. The smallest absolute Gasteiger partial charge is 0.0853 e. The number of hydrogen-bond acceptors (Lipinski definition) is 3. The number of aliphatic hydroxyl groups excluding tert-OH is 1. The molecule has 1 aliphatic carbocycles. The number of anilines is 1. The molecule has 1 aromatic rings. The number of nitrogens with two attached hydrogens (primary N) is 1. The lowest BCUT2D eigenvalue weighted by Gasteiger charge is -2.19. The van der Waals surface area contributed by atoms with Crippen LogP contribution in [0.5, 0.6) is 0 Å². The van der Waals surface area contributed by atoms with Gasteiger partial charge in [0, 0.05) is 23.6 Å². The zero-order chi connectivity index (χ0) is 11.5. The summed E-state index contributed by atoms with van der Waals surface area (Å²) in [7, 11) is 0. The fraction of sp³-hybridized carbons (Fsp3) is 0.615. The number of nitrogens with zero attached hydrogens (tertiary/aromatic N) is 1. The van der Waals surface area contributed by atoms with Crippen molar-refractivity contribution >= 4 is 5.69 Å². The standard InChI is InChI=1S/C13H20N2O/c1-2-9-3-4-10(7-9)13(16)11-8-15-6-5-12(11)14/h5-6,8-10,13,16H,2-4,7H2,1H3,(H2,14,15). The van der Waals surface area contributed by atoms with E-state index in [-0.39, 0.29) is 0 Å². The van der Waals surface area contributed by atoms with E-state index < -0.39 is 6.10 Å². The van der Waals surface area contributed by atoms with E-state index in [0.29, 0.717) is 11.6 Å². The highest BCUT2D eigenvalue weighted by Crippen LogP contribution is 2.41. The summed E-state index contributed by atoms with van der Waals surface area (Å²) >= 11 is 0. The summed E-state index contributed by atoms with van der Waals surface area (Å²) in [6.07, 6.45) is 7.59. The summed E-state index contributed by atoms with van der Waals surface area (Å²) in [4.78, 5) is 4.04. The van der Waals surface area contributed by atoms with E-state index in [9.17, 15) is 5.11 Å². The second-order valence-electron chi connectivity index (χ2n) is 4.80. The lowest BCUT2D eigenvalue weighted by Crippen LogP contribution is -2.12. The van der Waals surface area contributed by atoms with Crippen LogP contribution >= 0.6 is 0 Å². The van der Waals surface area contributed by atoms with E-state index in [2.05, 4.69) is 11.9 Å². The Morgan fingerprint density at radius 2 is 2.38 bits per heavy atom. The summed E-state index contributed by atoms with van der Waals surface area (Å²) < 4.78 is 0. The van der Waals surface area contributed by atoms with Gasteiger partial charge in [-0.25, -0.2) is 0 Å². The van der Waals surface area contributed by atoms with Gasteiger partial charge < -0.3 is 10.8 Å². The topological polar surface area (TPSA) is 59.1 Å². The Bertz CT molecular complexity index is 354. The molecule has 1 heterocycles. The van der Waals surface area contributed by atoms with E-state index in [1.807, 2.05) is 0 Å². The Balaban J connectivity index is 2.08. The molecule has 0 aliphatic heterocycles. The number of hydrogen-bond donors (Lipinski definition) is 2. The summed E-state index contributed by atoms with van der Waals surface area (Å²) in [5, 5.41) is 10.3. The molecule has 0 spiro atoms. The van der Waals surface area contributed by atoms with Crippen molar-refractivity contribution in [2.75, 3.05) is 5.73 Å². The van der Waals surface area contributed by atoms with Crippen LogP contribution in [0, 0.1) is 11.8 Å². The van der Waals surface area contributed by atoms with Crippen molar-refractivity contribution in [1.82, 2.24) is 4.98 Å². The highest BCUT2D eigenvalue weighted by atomic mass is 16.3. The van der Waals surface area contributed by atoms with Crippen LogP contribution < -0.4 is 5.73 Å². The molecule has 0 bridgehead atoms. The first-order valence-electron chi connectivity index (χ1n) is 6.09. The fourth-order valence-electron chi connectivity index (χ4n) is 2.69. The van der Waals surface area contributed by atoms with Gasteiger partial charge in [-0.05, 0) is 30.7 Å². The van der Waals surface area contributed by atoms with Gasteiger partial charge in [0.2, 0.25) is 0 Å². The van der Waals surface area contributed by atoms with Crippen molar-refractivity contribution in [3.05, 3.63) is 24.0 Å². The number of pyridine rings is 1. The maximum atomic E-state index is 10.3. The molecule has 1 aromatic heterocycles. The van der Waals surface area contributed by atoms with E-state index in [1.54, 1.807) is 18.5 Å². The molecule has 88 valence electrons. The monoisotopic (exact) mass is 220 g/mol. The molecular formula is C13H20N2O. The van der Waals surface area contributed by atoms with Crippen molar-refractivity contribution in [3.63, 3.8) is 0 Å². The van der Waals surface area contributed by atoms with Crippen LogP contribution in [0.4, 0.5) is 5.69 Å². The molecule has 0 saturated heterocycles. The number of nitrogen functional groups attached to an aromatic ring is 1. The lowest BCUT2D eigenvalue weighted by molar-refractivity contribution is 0.109. The zero-order valence-electron chi connectivity index (χ0n) is 9.76. The average Bonchev–Trinajstić information content (AvgIpc) is 2.77. The van der Waals surface area contributed by atoms with Gasteiger partial charge in [-0.15, -0.1) is 0 Å². The van der Waals surface area contributed by atoms with E-state index in [1.165, 1.54) is 12.8 Å². The second-order valence-corrected chi connectivity index (χ2v) is 4.80. The Morgan fingerprint density at radius 1 is 1.56 bits per heavy atom. The lowest BCUT2D eigenvalue weighted by atomic mass is 9.93. The van der Waals surface area contributed by atoms with Crippen LogP contribution in [0.2, 0.25) is 0 Å². The summed E-state index contributed by atoms with van der Waals surface area (Å²) in [6, 6.07) is 1.75. The van der Waals surface area contributed by atoms with Crippen LogP contribution in [-0.4, -0.2) is 10.1 Å². The Labute approximate surface area is 96.7 Å². The first-order chi connectivity index (χ1) is 7.72. The molecule has 3 nitrogen and oxygen atoms in total. The second kappa shape index (κ2) is 4.83. The number of aromatic nitrogens is 1. The molecule has 3 atom stereocenters. The predicted molar refractivity (Wildman–Crippen MR) is 64.7 cm³/mol. The van der Waals surface area contributed by atoms with Crippen LogP contribution in [0.3, 0.4) is 0 Å². The minimum absolute atomic E-state index is 0.358. The van der Waals surface area contributed by atoms with E-state index in [0.717, 1.165) is 24.3 Å². The van der Waals surface area contributed by atoms with Gasteiger partial charge in [0.25, 0.3) is 0 Å². The Hall–Kier alpha value is -1.09. The van der Waals surface area contributed by atoms with E-state index in [4.69, 9.17) is 5.73 Å². The molecule has 1 aliphatic rings. The minimum atomic E-state index is -0.440. The average molecular weight is 220 g/mol. The van der Waals surface area contributed by atoms with Crippen molar-refractivity contribution in [2.24, 2.45) is 11.8 Å². The molecule has 3 unspecified atom stereocenters. The summed E-state index contributed by atoms with van der Waals surface area (Å²) in [5.74, 6) is 1.13. The molecule has 2 rings (SSSR count). The first kappa shape index (κ1) is 11.4. The molecule has 0 aromatic carbocycles. The number of aliphatic hydroxyl groups is 1. The largest absolute Gasteiger partial charge is 0.398 e. The van der Waals surface area contributed by atoms with Gasteiger partial charge in [-0.1, -0.05) is 19.8 Å². The molecular weight excluding hydrogens is 200 g/mol. The minimum Gasteiger partial charge on any atom is -0.398 e.